The summed E-state index contributed by atoms with van der Waals surface area (Å²) in [6, 6.07) is 7.77. The van der Waals surface area contributed by atoms with Gasteiger partial charge >= 0.3 is 5.97 Å². The SMILES string of the molecule is CCOC(=O)/C=C(\N)CCc1ccc(OC)cc1. The van der Waals surface area contributed by atoms with Crippen LogP contribution in [0.15, 0.2) is 36.0 Å². The summed E-state index contributed by atoms with van der Waals surface area (Å²) in [5.74, 6) is 0.443. The van der Waals surface area contributed by atoms with E-state index in [9.17, 15) is 4.79 Å². The minimum absolute atomic E-state index is 0.362. The molecule has 4 nitrogen and oxygen atoms in total. The molecule has 0 unspecified atom stereocenters. The Kier molecular flexibility index (Phi) is 5.77. The second kappa shape index (κ2) is 7.37. The smallest absolute Gasteiger partial charge is 0.332 e. The number of ether oxygens (including phenoxy) is 2. The second-order valence-electron chi connectivity index (χ2n) is 3.82. The van der Waals surface area contributed by atoms with Crippen LogP contribution >= 0.6 is 0 Å². The van der Waals surface area contributed by atoms with Crippen LogP contribution < -0.4 is 10.5 Å². The van der Waals surface area contributed by atoms with Gasteiger partial charge in [-0.05, 0) is 37.5 Å². The fraction of sp³-hybridized carbons (Fsp3) is 0.357. The lowest BCUT2D eigenvalue weighted by Crippen LogP contribution is -2.06. The number of hydrogen-bond acceptors (Lipinski definition) is 4. The van der Waals surface area contributed by atoms with E-state index < -0.39 is 0 Å². The molecule has 0 aromatic heterocycles. The highest BCUT2D eigenvalue weighted by Gasteiger charge is 2.00. The standard InChI is InChI=1S/C14H19NO3/c1-3-18-14(16)10-12(15)7-4-11-5-8-13(17-2)9-6-11/h5-6,8-10H,3-4,7,15H2,1-2H3/b12-10-. The molecule has 18 heavy (non-hydrogen) atoms. The van der Waals surface area contributed by atoms with Crippen molar-refractivity contribution in [3.63, 3.8) is 0 Å². The number of esters is 1. The number of hydrogen-bond donors (Lipinski definition) is 1. The third-order valence-corrected chi connectivity index (χ3v) is 2.45. The summed E-state index contributed by atoms with van der Waals surface area (Å²) in [6.07, 6.45) is 2.75. The number of carbonyl (C=O) groups excluding carboxylic acids is 1. The molecule has 0 bridgehead atoms. The molecule has 0 radical (unpaired) electrons. The van der Waals surface area contributed by atoms with Gasteiger partial charge < -0.3 is 15.2 Å². The van der Waals surface area contributed by atoms with Crippen molar-refractivity contribution in [1.82, 2.24) is 0 Å². The molecule has 4 heteroatoms. The molecule has 98 valence electrons. The van der Waals surface area contributed by atoms with Crippen LogP contribution in [0.5, 0.6) is 5.75 Å². The average molecular weight is 249 g/mol. The Labute approximate surface area is 107 Å². The summed E-state index contributed by atoms with van der Waals surface area (Å²) in [4.78, 5) is 11.2. The van der Waals surface area contributed by atoms with Gasteiger partial charge in [-0.25, -0.2) is 4.79 Å². The number of carbonyl (C=O) groups is 1. The molecule has 0 spiro atoms. The van der Waals surface area contributed by atoms with Crippen molar-refractivity contribution in [2.24, 2.45) is 5.73 Å². The number of nitrogens with two attached hydrogens (primary N) is 1. The summed E-state index contributed by atoms with van der Waals surface area (Å²) in [7, 11) is 1.63. The zero-order chi connectivity index (χ0) is 13.4. The van der Waals surface area contributed by atoms with Crippen LogP contribution in [0.3, 0.4) is 0 Å². The first-order chi connectivity index (χ1) is 8.65. The van der Waals surface area contributed by atoms with E-state index in [1.165, 1.54) is 6.08 Å². The van der Waals surface area contributed by atoms with E-state index in [0.717, 1.165) is 17.7 Å². The minimum Gasteiger partial charge on any atom is -0.497 e. The number of methoxy groups -OCH3 is 1. The van der Waals surface area contributed by atoms with Crippen LogP contribution in [0.4, 0.5) is 0 Å². The van der Waals surface area contributed by atoms with Crippen LogP contribution in [-0.2, 0) is 16.0 Å². The van der Waals surface area contributed by atoms with Crippen LogP contribution in [0.25, 0.3) is 0 Å². The average Bonchev–Trinajstić information content (AvgIpc) is 2.37. The predicted molar refractivity (Wildman–Crippen MR) is 70.2 cm³/mol. The van der Waals surface area contributed by atoms with Crippen molar-refractivity contribution in [2.75, 3.05) is 13.7 Å². The van der Waals surface area contributed by atoms with E-state index >= 15 is 0 Å². The van der Waals surface area contributed by atoms with E-state index in [1.54, 1.807) is 14.0 Å². The minimum atomic E-state index is -0.385. The molecule has 1 aromatic carbocycles. The molecule has 0 saturated carbocycles. The zero-order valence-corrected chi connectivity index (χ0v) is 10.8. The molecule has 1 aromatic rings. The number of allylic oxidation sites excluding steroid dienone is 1. The Morgan fingerprint density at radius 3 is 2.56 bits per heavy atom. The summed E-state index contributed by atoms with van der Waals surface area (Å²) in [6.45, 7) is 2.13. The van der Waals surface area contributed by atoms with Crippen LogP contribution in [0.1, 0.15) is 18.9 Å². The first kappa shape index (κ1) is 14.1. The lowest BCUT2D eigenvalue weighted by Gasteiger charge is -2.04. The fourth-order valence-corrected chi connectivity index (χ4v) is 1.49. The van der Waals surface area contributed by atoms with Crippen molar-refractivity contribution in [2.45, 2.75) is 19.8 Å². The van der Waals surface area contributed by atoms with Gasteiger partial charge in [0.25, 0.3) is 0 Å². The summed E-state index contributed by atoms with van der Waals surface area (Å²) >= 11 is 0. The number of aryl methyl sites for hydroxylation is 1. The molecular formula is C14H19NO3. The number of rotatable bonds is 6. The van der Waals surface area contributed by atoms with Gasteiger partial charge in [-0.3, -0.25) is 0 Å². The lowest BCUT2D eigenvalue weighted by atomic mass is 10.1. The topological polar surface area (TPSA) is 61.5 Å². The van der Waals surface area contributed by atoms with Crippen molar-refractivity contribution in [1.29, 1.82) is 0 Å². The highest BCUT2D eigenvalue weighted by molar-refractivity contribution is 5.82. The Hall–Kier alpha value is -1.97. The summed E-state index contributed by atoms with van der Waals surface area (Å²) < 4.78 is 9.86. The van der Waals surface area contributed by atoms with Gasteiger partial charge in [0, 0.05) is 11.8 Å². The van der Waals surface area contributed by atoms with E-state index in [4.69, 9.17) is 15.2 Å². The van der Waals surface area contributed by atoms with Crippen LogP contribution in [0, 0.1) is 0 Å². The first-order valence-electron chi connectivity index (χ1n) is 5.91. The van der Waals surface area contributed by atoms with Crippen molar-refractivity contribution in [3.8, 4) is 5.75 Å². The van der Waals surface area contributed by atoms with Gasteiger partial charge in [0.2, 0.25) is 0 Å². The molecule has 0 atom stereocenters. The Morgan fingerprint density at radius 2 is 2.00 bits per heavy atom. The van der Waals surface area contributed by atoms with Crippen molar-refractivity contribution >= 4 is 5.97 Å². The lowest BCUT2D eigenvalue weighted by molar-refractivity contribution is -0.137. The van der Waals surface area contributed by atoms with Gasteiger partial charge in [-0.15, -0.1) is 0 Å². The van der Waals surface area contributed by atoms with E-state index in [-0.39, 0.29) is 5.97 Å². The molecule has 0 aliphatic carbocycles. The third-order valence-electron chi connectivity index (χ3n) is 2.45. The molecule has 0 amide bonds. The van der Waals surface area contributed by atoms with E-state index in [2.05, 4.69) is 0 Å². The molecule has 0 aliphatic heterocycles. The van der Waals surface area contributed by atoms with Gasteiger partial charge in [-0.1, -0.05) is 12.1 Å². The Morgan fingerprint density at radius 1 is 1.33 bits per heavy atom. The second-order valence-corrected chi connectivity index (χ2v) is 3.82. The van der Waals surface area contributed by atoms with Gasteiger partial charge in [0.15, 0.2) is 0 Å². The summed E-state index contributed by atoms with van der Waals surface area (Å²) in [5.41, 5.74) is 7.43. The Balaban J connectivity index is 2.46. The fourth-order valence-electron chi connectivity index (χ4n) is 1.49. The van der Waals surface area contributed by atoms with E-state index in [1.807, 2.05) is 24.3 Å². The predicted octanol–water partition coefficient (Wildman–Crippen LogP) is 2.03. The third kappa shape index (κ3) is 4.91. The zero-order valence-electron chi connectivity index (χ0n) is 10.8. The maximum atomic E-state index is 11.2. The highest BCUT2D eigenvalue weighted by atomic mass is 16.5. The molecule has 2 N–H and O–H groups in total. The largest absolute Gasteiger partial charge is 0.497 e. The maximum absolute atomic E-state index is 11.2. The monoisotopic (exact) mass is 249 g/mol. The molecular weight excluding hydrogens is 230 g/mol. The number of benzene rings is 1. The van der Waals surface area contributed by atoms with Crippen molar-refractivity contribution < 1.29 is 14.3 Å². The Bertz CT molecular complexity index is 410. The highest BCUT2D eigenvalue weighted by Crippen LogP contribution is 2.13. The normalized spacial score (nSPS) is 11.1. The van der Waals surface area contributed by atoms with Gasteiger partial charge in [-0.2, -0.15) is 0 Å². The van der Waals surface area contributed by atoms with E-state index in [0.29, 0.717) is 18.7 Å². The molecule has 0 aliphatic rings. The molecule has 0 heterocycles. The first-order valence-corrected chi connectivity index (χ1v) is 5.91. The molecule has 0 saturated heterocycles. The van der Waals surface area contributed by atoms with Gasteiger partial charge in [0.1, 0.15) is 5.75 Å². The molecule has 0 fully saturated rings. The summed E-state index contributed by atoms with van der Waals surface area (Å²) in [5, 5.41) is 0. The van der Waals surface area contributed by atoms with Crippen LogP contribution in [0.2, 0.25) is 0 Å². The quantitative estimate of drug-likeness (QED) is 0.619. The van der Waals surface area contributed by atoms with Gasteiger partial charge in [0.05, 0.1) is 13.7 Å². The maximum Gasteiger partial charge on any atom is 0.332 e. The van der Waals surface area contributed by atoms with Crippen LogP contribution in [-0.4, -0.2) is 19.7 Å². The molecule has 1 rings (SSSR count). The van der Waals surface area contributed by atoms with Crippen molar-refractivity contribution in [3.05, 3.63) is 41.6 Å².